The number of rotatable bonds is 8. The van der Waals surface area contributed by atoms with Crippen molar-refractivity contribution in [1.29, 1.82) is 0 Å². The molecule has 8 heteroatoms. The number of hydrogen-bond donors (Lipinski definition) is 1. The molecule has 3 heterocycles. The number of methoxy groups -OCH3 is 2. The normalized spacial score (nSPS) is 17.0. The van der Waals surface area contributed by atoms with E-state index in [1.807, 2.05) is 18.2 Å². The van der Waals surface area contributed by atoms with E-state index in [-0.39, 0.29) is 17.6 Å². The summed E-state index contributed by atoms with van der Waals surface area (Å²) in [6.45, 7) is 3.51. The summed E-state index contributed by atoms with van der Waals surface area (Å²) in [6, 6.07) is 11.9. The molecule has 164 valence electrons. The molecule has 1 aromatic carbocycles. The van der Waals surface area contributed by atoms with Crippen LogP contribution in [0.25, 0.3) is 10.9 Å². The van der Waals surface area contributed by atoms with Gasteiger partial charge in [0, 0.05) is 44.1 Å². The van der Waals surface area contributed by atoms with Gasteiger partial charge in [-0.3, -0.25) is 9.69 Å². The van der Waals surface area contributed by atoms with Crippen LogP contribution >= 0.6 is 0 Å². The second-order valence-corrected chi connectivity index (χ2v) is 7.77. The second-order valence-electron chi connectivity index (χ2n) is 7.77. The molecule has 8 nitrogen and oxygen atoms in total. The number of carbonyl (C=O) groups is 1. The van der Waals surface area contributed by atoms with E-state index in [0.717, 1.165) is 60.5 Å². The SMILES string of the molecule is COCCNC(=O)c1cc(C2CCCN(Cc3ccc4cccc(OC)c4n3)C2)no1. The Hall–Kier alpha value is -2.97. The van der Waals surface area contributed by atoms with Gasteiger partial charge >= 0.3 is 0 Å². The van der Waals surface area contributed by atoms with Crippen molar-refractivity contribution in [2.45, 2.75) is 25.3 Å². The van der Waals surface area contributed by atoms with Crippen molar-refractivity contribution in [3.05, 3.63) is 53.5 Å². The largest absolute Gasteiger partial charge is 0.494 e. The van der Waals surface area contributed by atoms with E-state index in [4.69, 9.17) is 19.0 Å². The summed E-state index contributed by atoms with van der Waals surface area (Å²) in [7, 11) is 3.26. The van der Waals surface area contributed by atoms with Crippen molar-refractivity contribution < 1.29 is 18.8 Å². The minimum absolute atomic E-state index is 0.230. The molecule has 4 rings (SSSR count). The second kappa shape index (κ2) is 9.89. The minimum atomic E-state index is -0.266. The summed E-state index contributed by atoms with van der Waals surface area (Å²) in [5.74, 6) is 0.993. The van der Waals surface area contributed by atoms with Crippen LogP contribution in [0, 0.1) is 0 Å². The highest BCUT2D eigenvalue weighted by molar-refractivity contribution is 5.91. The molecule has 1 atom stereocenters. The Kier molecular flexibility index (Phi) is 6.79. The number of fused-ring (bicyclic) bond motifs is 1. The molecule has 0 aliphatic carbocycles. The van der Waals surface area contributed by atoms with Crippen molar-refractivity contribution >= 4 is 16.8 Å². The Bertz CT molecular complexity index is 1040. The molecule has 0 bridgehead atoms. The molecule has 1 N–H and O–H groups in total. The van der Waals surface area contributed by atoms with Crippen molar-refractivity contribution in [1.82, 2.24) is 20.4 Å². The smallest absolute Gasteiger partial charge is 0.289 e. The Labute approximate surface area is 181 Å². The Morgan fingerprint density at radius 3 is 3.03 bits per heavy atom. The van der Waals surface area contributed by atoms with Crippen LogP contribution in [0.2, 0.25) is 0 Å². The number of benzene rings is 1. The van der Waals surface area contributed by atoms with Crippen LogP contribution in [0.1, 0.15) is 40.7 Å². The van der Waals surface area contributed by atoms with Gasteiger partial charge in [0.05, 0.1) is 25.1 Å². The van der Waals surface area contributed by atoms with Crippen LogP contribution in [0.5, 0.6) is 5.75 Å². The van der Waals surface area contributed by atoms with Crippen molar-refractivity contribution in [2.24, 2.45) is 0 Å². The monoisotopic (exact) mass is 424 g/mol. The van der Waals surface area contributed by atoms with Gasteiger partial charge in [-0.2, -0.15) is 0 Å². The number of carbonyl (C=O) groups excluding carboxylic acids is 1. The van der Waals surface area contributed by atoms with Gasteiger partial charge in [-0.1, -0.05) is 23.4 Å². The number of para-hydroxylation sites is 1. The third-order valence-electron chi connectivity index (χ3n) is 5.61. The molecule has 1 aliphatic rings. The summed E-state index contributed by atoms with van der Waals surface area (Å²) >= 11 is 0. The zero-order chi connectivity index (χ0) is 21.6. The highest BCUT2D eigenvalue weighted by Crippen LogP contribution is 2.28. The first-order chi connectivity index (χ1) is 15.2. The molecule has 0 radical (unpaired) electrons. The van der Waals surface area contributed by atoms with Gasteiger partial charge in [0.25, 0.3) is 5.91 Å². The maximum absolute atomic E-state index is 12.2. The lowest BCUT2D eigenvalue weighted by atomic mass is 9.94. The maximum atomic E-state index is 12.2. The molecule has 0 spiro atoms. The number of ether oxygens (including phenoxy) is 2. The molecule has 1 saturated heterocycles. The summed E-state index contributed by atoms with van der Waals surface area (Å²) in [5, 5.41) is 7.99. The molecule has 1 unspecified atom stereocenters. The summed E-state index contributed by atoms with van der Waals surface area (Å²) < 4.78 is 15.7. The topological polar surface area (TPSA) is 89.7 Å². The van der Waals surface area contributed by atoms with Crippen LogP contribution in [0.15, 0.2) is 40.9 Å². The van der Waals surface area contributed by atoms with Crippen molar-refractivity contribution in [3.8, 4) is 5.75 Å². The number of likely N-dealkylation sites (tertiary alicyclic amines) is 1. The number of piperidine rings is 1. The first-order valence-electron chi connectivity index (χ1n) is 10.6. The van der Waals surface area contributed by atoms with Crippen LogP contribution in [0.3, 0.4) is 0 Å². The predicted octanol–water partition coefficient (Wildman–Crippen LogP) is 2.99. The van der Waals surface area contributed by atoms with E-state index in [0.29, 0.717) is 13.2 Å². The molecule has 31 heavy (non-hydrogen) atoms. The minimum Gasteiger partial charge on any atom is -0.494 e. The zero-order valence-corrected chi connectivity index (χ0v) is 18.0. The van der Waals surface area contributed by atoms with Crippen molar-refractivity contribution in [3.63, 3.8) is 0 Å². The zero-order valence-electron chi connectivity index (χ0n) is 18.0. The van der Waals surface area contributed by atoms with Crippen LogP contribution in [-0.4, -0.2) is 61.4 Å². The first-order valence-corrected chi connectivity index (χ1v) is 10.6. The van der Waals surface area contributed by atoms with E-state index in [1.54, 1.807) is 20.3 Å². The van der Waals surface area contributed by atoms with E-state index in [1.165, 1.54) is 0 Å². The molecule has 1 aliphatic heterocycles. The van der Waals surface area contributed by atoms with E-state index < -0.39 is 0 Å². The quantitative estimate of drug-likeness (QED) is 0.556. The standard InChI is InChI=1S/C23H28N4O4/c1-29-12-10-24-23(28)21-13-19(26-31-21)17-6-4-11-27(14-17)15-18-9-8-16-5-3-7-20(30-2)22(16)25-18/h3,5,7-9,13,17H,4,6,10-12,14-15H2,1-2H3,(H,24,28). The van der Waals surface area contributed by atoms with E-state index in [2.05, 4.69) is 27.5 Å². The molecule has 1 amide bonds. The molecular formula is C23H28N4O4. The van der Waals surface area contributed by atoms with Crippen LogP contribution in [0.4, 0.5) is 0 Å². The molecule has 1 fully saturated rings. The predicted molar refractivity (Wildman–Crippen MR) is 116 cm³/mol. The maximum Gasteiger partial charge on any atom is 0.289 e. The van der Waals surface area contributed by atoms with Gasteiger partial charge in [-0.25, -0.2) is 4.98 Å². The molecule has 2 aromatic heterocycles. The fraction of sp³-hybridized carbons (Fsp3) is 0.435. The van der Waals surface area contributed by atoms with Gasteiger partial charge in [-0.15, -0.1) is 0 Å². The average Bonchev–Trinajstić information content (AvgIpc) is 3.29. The number of amides is 1. The fourth-order valence-electron chi connectivity index (χ4n) is 4.02. The lowest BCUT2D eigenvalue weighted by Gasteiger charge is -2.31. The lowest BCUT2D eigenvalue weighted by Crippen LogP contribution is -2.34. The van der Waals surface area contributed by atoms with Crippen molar-refractivity contribution in [2.75, 3.05) is 40.5 Å². The summed E-state index contributed by atoms with van der Waals surface area (Å²) in [6.07, 6.45) is 2.08. The number of hydrogen-bond acceptors (Lipinski definition) is 7. The molecule has 0 saturated carbocycles. The number of aromatic nitrogens is 2. The fourth-order valence-corrected chi connectivity index (χ4v) is 4.02. The highest BCUT2D eigenvalue weighted by atomic mass is 16.5. The first kappa shape index (κ1) is 21.3. The molecule has 3 aromatic rings. The van der Waals surface area contributed by atoms with Gasteiger partial charge in [-0.05, 0) is 31.5 Å². The van der Waals surface area contributed by atoms with Gasteiger partial charge < -0.3 is 19.3 Å². The van der Waals surface area contributed by atoms with E-state index in [9.17, 15) is 4.79 Å². The Morgan fingerprint density at radius 1 is 1.29 bits per heavy atom. The average molecular weight is 425 g/mol. The number of nitrogens with one attached hydrogen (secondary N) is 1. The number of nitrogens with zero attached hydrogens (tertiary/aromatic N) is 3. The Morgan fingerprint density at radius 2 is 2.19 bits per heavy atom. The number of pyridine rings is 1. The lowest BCUT2D eigenvalue weighted by molar-refractivity contribution is 0.0900. The van der Waals surface area contributed by atoms with Crippen LogP contribution < -0.4 is 10.1 Å². The van der Waals surface area contributed by atoms with Crippen LogP contribution in [-0.2, 0) is 11.3 Å². The summed E-state index contributed by atoms with van der Waals surface area (Å²) in [4.78, 5) is 19.4. The van der Waals surface area contributed by atoms with Gasteiger partial charge in [0.1, 0.15) is 11.3 Å². The highest BCUT2D eigenvalue weighted by Gasteiger charge is 2.25. The van der Waals surface area contributed by atoms with Gasteiger partial charge in [0.15, 0.2) is 0 Å². The Balaban J connectivity index is 1.41. The third kappa shape index (κ3) is 5.03. The van der Waals surface area contributed by atoms with Gasteiger partial charge in [0.2, 0.25) is 5.76 Å². The van der Waals surface area contributed by atoms with E-state index >= 15 is 0 Å². The molecular weight excluding hydrogens is 396 g/mol. The summed E-state index contributed by atoms with van der Waals surface area (Å²) in [5.41, 5.74) is 2.72. The third-order valence-corrected chi connectivity index (χ3v) is 5.61.